The molecule has 0 spiro atoms. The number of nitrogens with one attached hydrogen (secondary N) is 1. The summed E-state index contributed by atoms with van der Waals surface area (Å²) in [6.45, 7) is 2.09. The van der Waals surface area contributed by atoms with Gasteiger partial charge in [0.15, 0.2) is 0 Å². The molecular formula is C15H15ClN2O. The highest BCUT2D eigenvalue weighted by Crippen LogP contribution is 2.20. The summed E-state index contributed by atoms with van der Waals surface area (Å²) in [7, 11) is 0. The van der Waals surface area contributed by atoms with E-state index in [2.05, 4.69) is 12.2 Å². The topological polar surface area (TPSA) is 55.1 Å². The van der Waals surface area contributed by atoms with E-state index in [1.165, 1.54) is 5.56 Å². The number of carbonyl (C=O) groups is 1. The molecule has 1 amide bonds. The fraction of sp³-hybridized carbons (Fsp3) is 0.133. The van der Waals surface area contributed by atoms with Crippen molar-refractivity contribution in [3.05, 3.63) is 58.6 Å². The zero-order valence-electron chi connectivity index (χ0n) is 10.6. The predicted octanol–water partition coefficient (Wildman–Crippen LogP) is 3.74. The monoisotopic (exact) mass is 274 g/mol. The molecule has 3 nitrogen and oxygen atoms in total. The van der Waals surface area contributed by atoms with Crippen molar-refractivity contribution in [2.45, 2.75) is 13.3 Å². The van der Waals surface area contributed by atoms with E-state index in [4.69, 9.17) is 17.3 Å². The van der Waals surface area contributed by atoms with Crippen molar-refractivity contribution in [1.82, 2.24) is 0 Å². The number of hydrogen-bond acceptors (Lipinski definition) is 2. The minimum absolute atomic E-state index is 0.241. The second-order valence-corrected chi connectivity index (χ2v) is 4.65. The van der Waals surface area contributed by atoms with Gasteiger partial charge in [0, 0.05) is 11.4 Å². The zero-order chi connectivity index (χ0) is 13.8. The van der Waals surface area contributed by atoms with Gasteiger partial charge in [0.25, 0.3) is 5.91 Å². The van der Waals surface area contributed by atoms with Gasteiger partial charge in [-0.3, -0.25) is 4.79 Å². The fourth-order valence-electron chi connectivity index (χ4n) is 1.74. The van der Waals surface area contributed by atoms with Crippen molar-refractivity contribution in [2.24, 2.45) is 0 Å². The second kappa shape index (κ2) is 5.76. The van der Waals surface area contributed by atoms with Crippen LogP contribution >= 0.6 is 11.6 Å². The van der Waals surface area contributed by atoms with Crippen molar-refractivity contribution in [3.63, 3.8) is 0 Å². The molecule has 0 aliphatic rings. The Balaban J connectivity index is 2.15. The van der Waals surface area contributed by atoms with Crippen molar-refractivity contribution in [2.75, 3.05) is 11.1 Å². The predicted molar refractivity (Wildman–Crippen MR) is 79.6 cm³/mol. The molecule has 0 unspecified atom stereocenters. The largest absolute Gasteiger partial charge is 0.399 e. The van der Waals surface area contributed by atoms with E-state index in [1.54, 1.807) is 18.2 Å². The summed E-state index contributed by atoms with van der Waals surface area (Å²) in [5.74, 6) is -0.241. The van der Waals surface area contributed by atoms with E-state index in [1.807, 2.05) is 24.3 Å². The van der Waals surface area contributed by atoms with Gasteiger partial charge in [-0.1, -0.05) is 30.7 Å². The molecule has 0 bridgehead atoms. The van der Waals surface area contributed by atoms with Gasteiger partial charge in [0.2, 0.25) is 0 Å². The van der Waals surface area contributed by atoms with Gasteiger partial charge in [-0.15, -0.1) is 0 Å². The normalized spacial score (nSPS) is 10.2. The van der Waals surface area contributed by atoms with Crippen molar-refractivity contribution >= 4 is 28.9 Å². The third kappa shape index (κ3) is 3.26. The molecule has 2 aromatic carbocycles. The molecule has 0 aromatic heterocycles. The first-order valence-corrected chi connectivity index (χ1v) is 6.43. The molecule has 0 fully saturated rings. The van der Waals surface area contributed by atoms with Crippen LogP contribution < -0.4 is 11.1 Å². The van der Waals surface area contributed by atoms with Crippen molar-refractivity contribution < 1.29 is 4.79 Å². The lowest BCUT2D eigenvalue weighted by atomic mass is 10.1. The summed E-state index contributed by atoms with van der Waals surface area (Å²) in [5, 5.41) is 3.16. The second-order valence-electron chi connectivity index (χ2n) is 4.24. The third-order valence-corrected chi connectivity index (χ3v) is 3.17. The number of benzene rings is 2. The van der Waals surface area contributed by atoms with Crippen LogP contribution in [0.15, 0.2) is 42.5 Å². The van der Waals surface area contributed by atoms with Crippen LogP contribution in [0.4, 0.5) is 11.4 Å². The highest BCUT2D eigenvalue weighted by atomic mass is 35.5. The Bertz CT molecular complexity index is 594. The average molecular weight is 275 g/mol. The molecule has 0 aliphatic carbocycles. The zero-order valence-corrected chi connectivity index (χ0v) is 11.4. The van der Waals surface area contributed by atoms with Crippen molar-refractivity contribution in [3.8, 4) is 0 Å². The summed E-state index contributed by atoms with van der Waals surface area (Å²) in [6, 6.07) is 12.6. The Labute approximate surface area is 117 Å². The van der Waals surface area contributed by atoms with Gasteiger partial charge < -0.3 is 11.1 Å². The number of rotatable bonds is 3. The smallest absolute Gasteiger partial charge is 0.257 e. The van der Waals surface area contributed by atoms with Crippen LogP contribution in [-0.4, -0.2) is 5.91 Å². The minimum atomic E-state index is -0.241. The Kier molecular flexibility index (Phi) is 4.07. The Morgan fingerprint density at radius 2 is 1.89 bits per heavy atom. The molecule has 0 saturated heterocycles. The standard InChI is InChI=1S/C15H15ClN2O/c1-2-10-3-6-12(7-4-10)18-15(19)13-8-5-11(17)9-14(13)16/h3-9H,2,17H2,1H3,(H,18,19). The summed E-state index contributed by atoms with van der Waals surface area (Å²) < 4.78 is 0. The molecule has 98 valence electrons. The molecular weight excluding hydrogens is 260 g/mol. The van der Waals surface area contributed by atoms with Gasteiger partial charge >= 0.3 is 0 Å². The molecule has 4 heteroatoms. The number of amides is 1. The first-order chi connectivity index (χ1) is 9.10. The van der Waals surface area contributed by atoms with Gasteiger partial charge in [-0.2, -0.15) is 0 Å². The van der Waals surface area contributed by atoms with Gasteiger partial charge in [-0.05, 0) is 42.3 Å². The number of aryl methyl sites for hydroxylation is 1. The maximum absolute atomic E-state index is 12.1. The first-order valence-electron chi connectivity index (χ1n) is 6.05. The molecule has 3 N–H and O–H groups in total. The van der Waals surface area contributed by atoms with E-state index in [0.29, 0.717) is 16.3 Å². The number of carbonyl (C=O) groups excluding carboxylic acids is 1. The summed E-state index contributed by atoms with van der Waals surface area (Å²) in [6.07, 6.45) is 0.970. The number of nitrogens with two attached hydrogens (primary N) is 1. The lowest BCUT2D eigenvalue weighted by Gasteiger charge is -2.08. The molecule has 0 aliphatic heterocycles. The SMILES string of the molecule is CCc1ccc(NC(=O)c2ccc(N)cc2Cl)cc1. The van der Waals surface area contributed by atoms with E-state index < -0.39 is 0 Å². The number of anilines is 2. The number of hydrogen-bond donors (Lipinski definition) is 2. The maximum Gasteiger partial charge on any atom is 0.257 e. The van der Waals surface area contributed by atoms with Crippen LogP contribution in [0.5, 0.6) is 0 Å². The highest BCUT2D eigenvalue weighted by Gasteiger charge is 2.10. The summed E-state index contributed by atoms with van der Waals surface area (Å²) in [5.41, 5.74) is 8.52. The van der Waals surface area contributed by atoms with Crippen LogP contribution in [-0.2, 0) is 6.42 Å². The fourth-order valence-corrected chi connectivity index (χ4v) is 2.01. The average Bonchev–Trinajstić information content (AvgIpc) is 2.39. The maximum atomic E-state index is 12.1. The van der Waals surface area contributed by atoms with Crippen LogP contribution in [0, 0.1) is 0 Å². The molecule has 0 radical (unpaired) electrons. The Hall–Kier alpha value is -2.00. The van der Waals surface area contributed by atoms with E-state index >= 15 is 0 Å². The first kappa shape index (κ1) is 13.4. The van der Waals surface area contributed by atoms with E-state index in [0.717, 1.165) is 12.1 Å². The quantitative estimate of drug-likeness (QED) is 0.838. The Morgan fingerprint density at radius 1 is 1.21 bits per heavy atom. The van der Waals surface area contributed by atoms with Crippen molar-refractivity contribution in [1.29, 1.82) is 0 Å². The summed E-state index contributed by atoms with van der Waals surface area (Å²) in [4.78, 5) is 12.1. The molecule has 0 saturated carbocycles. The lowest BCUT2D eigenvalue weighted by Crippen LogP contribution is -2.12. The van der Waals surface area contributed by atoms with E-state index in [9.17, 15) is 4.79 Å². The number of halogens is 1. The molecule has 0 heterocycles. The highest BCUT2D eigenvalue weighted by molar-refractivity contribution is 6.34. The lowest BCUT2D eigenvalue weighted by molar-refractivity contribution is 0.102. The summed E-state index contributed by atoms with van der Waals surface area (Å²) >= 11 is 6.00. The van der Waals surface area contributed by atoms with Gasteiger partial charge in [0.1, 0.15) is 0 Å². The Morgan fingerprint density at radius 3 is 2.47 bits per heavy atom. The number of nitrogen functional groups attached to an aromatic ring is 1. The third-order valence-electron chi connectivity index (χ3n) is 2.86. The van der Waals surface area contributed by atoms with Crippen LogP contribution in [0.2, 0.25) is 5.02 Å². The molecule has 0 atom stereocenters. The van der Waals surface area contributed by atoms with E-state index in [-0.39, 0.29) is 5.91 Å². The van der Waals surface area contributed by atoms with Crippen LogP contribution in [0.1, 0.15) is 22.8 Å². The minimum Gasteiger partial charge on any atom is -0.399 e. The van der Waals surface area contributed by atoms with Gasteiger partial charge in [0.05, 0.1) is 10.6 Å². The van der Waals surface area contributed by atoms with Gasteiger partial charge in [-0.25, -0.2) is 0 Å². The molecule has 2 rings (SSSR count). The molecule has 2 aromatic rings. The van der Waals surface area contributed by atoms with Crippen LogP contribution in [0.25, 0.3) is 0 Å². The molecule has 19 heavy (non-hydrogen) atoms. The van der Waals surface area contributed by atoms with Crippen LogP contribution in [0.3, 0.4) is 0 Å².